The molecule has 0 aliphatic rings. The highest BCUT2D eigenvalue weighted by Crippen LogP contribution is 2.18. The number of benzene rings is 1. The Hall–Kier alpha value is -2.25. The van der Waals surface area contributed by atoms with Gasteiger partial charge in [-0.25, -0.2) is 4.98 Å². The van der Waals surface area contributed by atoms with Crippen molar-refractivity contribution >= 4 is 28.8 Å². The molecule has 110 valence electrons. The smallest absolute Gasteiger partial charge is 0.275 e. The maximum atomic E-state index is 12.1. The van der Waals surface area contributed by atoms with Gasteiger partial charge >= 0.3 is 0 Å². The monoisotopic (exact) mass is 304 g/mol. The number of nitrogens with two attached hydrogens (primary N) is 1. The highest BCUT2D eigenvalue weighted by Gasteiger charge is 2.13. The number of aromatic nitrogens is 1. The molecule has 0 bridgehead atoms. The van der Waals surface area contributed by atoms with E-state index in [4.69, 9.17) is 5.73 Å². The van der Waals surface area contributed by atoms with Crippen LogP contribution in [0.3, 0.4) is 0 Å². The van der Waals surface area contributed by atoms with Gasteiger partial charge in [-0.1, -0.05) is 6.07 Å². The van der Waals surface area contributed by atoms with Crippen LogP contribution in [0, 0.1) is 6.92 Å². The summed E-state index contributed by atoms with van der Waals surface area (Å²) >= 11 is 1.34. The van der Waals surface area contributed by atoms with E-state index in [-0.39, 0.29) is 11.8 Å². The largest absolute Gasteiger partial charge is 0.355 e. The van der Waals surface area contributed by atoms with Crippen molar-refractivity contribution in [3.63, 3.8) is 0 Å². The van der Waals surface area contributed by atoms with Crippen LogP contribution in [-0.4, -0.2) is 23.8 Å². The van der Waals surface area contributed by atoms with Crippen molar-refractivity contribution in [3.8, 4) is 0 Å². The minimum atomic E-state index is -0.317. The Morgan fingerprint density at radius 2 is 2.10 bits per heavy atom. The summed E-state index contributed by atoms with van der Waals surface area (Å²) < 4.78 is 0. The molecule has 0 saturated heterocycles. The molecule has 0 aliphatic carbocycles. The van der Waals surface area contributed by atoms with Gasteiger partial charge in [0, 0.05) is 30.2 Å². The fourth-order valence-electron chi connectivity index (χ4n) is 1.74. The number of thiazole rings is 1. The van der Waals surface area contributed by atoms with E-state index in [1.165, 1.54) is 11.3 Å². The van der Waals surface area contributed by atoms with Crippen molar-refractivity contribution in [1.29, 1.82) is 0 Å². The highest BCUT2D eigenvalue weighted by molar-refractivity contribution is 7.09. The lowest BCUT2D eigenvalue weighted by Crippen LogP contribution is -2.19. The lowest BCUT2D eigenvalue weighted by molar-refractivity contribution is 0.0961. The number of aryl methyl sites for hydroxylation is 1. The fourth-order valence-corrected chi connectivity index (χ4v) is 2.39. The molecule has 1 heterocycles. The van der Waals surface area contributed by atoms with Crippen LogP contribution in [0.4, 0.5) is 5.69 Å². The zero-order chi connectivity index (χ0) is 15.4. The maximum absolute atomic E-state index is 12.1. The minimum Gasteiger partial charge on any atom is -0.355 e. The molecule has 6 nitrogen and oxygen atoms in total. The number of hydrogen-bond donors (Lipinski definition) is 3. The molecule has 0 saturated carbocycles. The molecule has 0 radical (unpaired) electrons. The van der Waals surface area contributed by atoms with Gasteiger partial charge in [-0.2, -0.15) is 0 Å². The number of hydrogen-bond acceptors (Lipinski definition) is 5. The number of nitrogens with zero attached hydrogens (tertiary/aromatic N) is 1. The van der Waals surface area contributed by atoms with E-state index in [0.29, 0.717) is 28.5 Å². The first-order valence-corrected chi connectivity index (χ1v) is 7.21. The van der Waals surface area contributed by atoms with Crippen LogP contribution in [0.5, 0.6) is 0 Å². The third-order valence-corrected chi connectivity index (χ3v) is 3.81. The van der Waals surface area contributed by atoms with Gasteiger partial charge in [0.2, 0.25) is 0 Å². The van der Waals surface area contributed by atoms with E-state index in [1.54, 1.807) is 30.6 Å². The van der Waals surface area contributed by atoms with Crippen molar-refractivity contribution in [3.05, 3.63) is 45.4 Å². The van der Waals surface area contributed by atoms with Gasteiger partial charge < -0.3 is 16.4 Å². The lowest BCUT2D eigenvalue weighted by Gasteiger charge is -2.09. The van der Waals surface area contributed by atoms with E-state index in [0.717, 1.165) is 5.56 Å². The van der Waals surface area contributed by atoms with Crippen molar-refractivity contribution < 1.29 is 9.59 Å². The molecular weight excluding hydrogens is 288 g/mol. The summed E-state index contributed by atoms with van der Waals surface area (Å²) in [6.07, 6.45) is 0. The molecule has 2 aromatic rings. The van der Waals surface area contributed by atoms with Gasteiger partial charge in [-0.15, -0.1) is 11.3 Å². The SMILES string of the molecule is CNC(=O)c1ccc(C)c(NC(=O)c2csc(CN)n2)c1. The summed E-state index contributed by atoms with van der Waals surface area (Å²) in [5, 5.41) is 7.68. The molecule has 7 heteroatoms. The molecule has 0 spiro atoms. The van der Waals surface area contributed by atoms with Crippen LogP contribution < -0.4 is 16.4 Å². The Morgan fingerprint density at radius 3 is 2.71 bits per heavy atom. The lowest BCUT2D eigenvalue weighted by atomic mass is 10.1. The van der Waals surface area contributed by atoms with E-state index in [2.05, 4.69) is 15.6 Å². The summed E-state index contributed by atoms with van der Waals surface area (Å²) in [5.41, 5.74) is 7.74. The normalized spacial score (nSPS) is 10.2. The van der Waals surface area contributed by atoms with Crippen LogP contribution in [0.1, 0.15) is 31.4 Å². The molecule has 0 fully saturated rings. The van der Waals surface area contributed by atoms with Gasteiger partial charge in [-0.3, -0.25) is 9.59 Å². The molecular formula is C14H16N4O2S. The molecule has 1 aromatic heterocycles. The molecule has 0 aliphatic heterocycles. The fraction of sp³-hybridized carbons (Fsp3) is 0.214. The number of nitrogens with one attached hydrogen (secondary N) is 2. The summed E-state index contributed by atoms with van der Waals surface area (Å²) in [5.74, 6) is -0.521. The highest BCUT2D eigenvalue weighted by atomic mass is 32.1. The minimum absolute atomic E-state index is 0.204. The Morgan fingerprint density at radius 1 is 1.33 bits per heavy atom. The number of rotatable bonds is 4. The van der Waals surface area contributed by atoms with Gasteiger partial charge in [0.05, 0.1) is 0 Å². The van der Waals surface area contributed by atoms with Crippen molar-refractivity contribution in [2.45, 2.75) is 13.5 Å². The number of carbonyl (C=O) groups excluding carboxylic acids is 2. The molecule has 0 unspecified atom stereocenters. The first kappa shape index (κ1) is 15.1. The standard InChI is InChI=1S/C14H16N4O2S/c1-8-3-4-9(13(19)16-2)5-10(8)18-14(20)11-7-21-12(6-15)17-11/h3-5,7H,6,15H2,1-2H3,(H,16,19)(H,18,20). The first-order valence-electron chi connectivity index (χ1n) is 6.33. The molecule has 1 aromatic carbocycles. The zero-order valence-corrected chi connectivity index (χ0v) is 12.6. The van der Waals surface area contributed by atoms with Crippen molar-refractivity contribution in [1.82, 2.24) is 10.3 Å². The molecule has 2 amide bonds. The summed E-state index contributed by atoms with van der Waals surface area (Å²) in [4.78, 5) is 27.9. The van der Waals surface area contributed by atoms with Gasteiger partial charge in [0.25, 0.3) is 11.8 Å². The van der Waals surface area contributed by atoms with Crippen LogP contribution in [-0.2, 0) is 6.54 Å². The quantitative estimate of drug-likeness (QED) is 0.798. The van der Waals surface area contributed by atoms with E-state index < -0.39 is 0 Å². The van der Waals surface area contributed by atoms with E-state index >= 15 is 0 Å². The second-order valence-corrected chi connectivity index (χ2v) is 5.34. The molecule has 4 N–H and O–H groups in total. The Bertz CT molecular complexity index is 681. The van der Waals surface area contributed by atoms with Crippen LogP contribution in [0.15, 0.2) is 23.6 Å². The predicted octanol–water partition coefficient (Wildman–Crippen LogP) is 1.52. The summed E-state index contributed by atoms with van der Waals surface area (Å²) in [6, 6.07) is 5.13. The van der Waals surface area contributed by atoms with Crippen molar-refractivity contribution in [2.75, 3.05) is 12.4 Å². The Labute approximate surface area is 126 Å². The molecule has 21 heavy (non-hydrogen) atoms. The van der Waals surface area contributed by atoms with Gasteiger partial charge in [-0.05, 0) is 24.6 Å². The van der Waals surface area contributed by atoms with E-state index in [1.807, 2.05) is 6.92 Å². The maximum Gasteiger partial charge on any atom is 0.275 e. The third-order valence-electron chi connectivity index (χ3n) is 2.93. The third kappa shape index (κ3) is 3.45. The van der Waals surface area contributed by atoms with Crippen LogP contribution >= 0.6 is 11.3 Å². The summed E-state index contributed by atoms with van der Waals surface area (Å²) in [6.45, 7) is 2.17. The topological polar surface area (TPSA) is 97.1 Å². The van der Waals surface area contributed by atoms with Gasteiger partial charge in [0.1, 0.15) is 10.7 Å². The van der Waals surface area contributed by atoms with Crippen molar-refractivity contribution in [2.24, 2.45) is 5.73 Å². The van der Waals surface area contributed by atoms with Crippen LogP contribution in [0.25, 0.3) is 0 Å². The Kier molecular flexibility index (Phi) is 4.66. The van der Waals surface area contributed by atoms with Crippen LogP contribution in [0.2, 0.25) is 0 Å². The molecule has 0 atom stereocenters. The second kappa shape index (κ2) is 6.47. The summed E-state index contributed by atoms with van der Waals surface area (Å²) in [7, 11) is 1.56. The number of carbonyl (C=O) groups is 2. The zero-order valence-electron chi connectivity index (χ0n) is 11.8. The number of anilines is 1. The first-order chi connectivity index (χ1) is 10.0. The number of amides is 2. The second-order valence-electron chi connectivity index (χ2n) is 4.39. The average Bonchev–Trinajstić information content (AvgIpc) is 2.97. The van der Waals surface area contributed by atoms with Gasteiger partial charge in [0.15, 0.2) is 0 Å². The Balaban J connectivity index is 2.22. The average molecular weight is 304 g/mol. The molecule has 2 rings (SSSR count). The predicted molar refractivity (Wildman–Crippen MR) is 82.5 cm³/mol. The van der Waals surface area contributed by atoms with E-state index in [9.17, 15) is 9.59 Å².